The Hall–Kier alpha value is -2.71. The summed E-state index contributed by atoms with van der Waals surface area (Å²) in [6.07, 6.45) is 2.68. The molecule has 0 fully saturated rings. The van der Waals surface area contributed by atoms with Gasteiger partial charge < -0.3 is 10.4 Å². The number of fused-ring (bicyclic) bond motifs is 1. The van der Waals surface area contributed by atoms with Gasteiger partial charge in [0.05, 0.1) is 19.3 Å². The molecule has 2 aromatic heterocycles. The Labute approximate surface area is 147 Å². The molecule has 0 aliphatic heterocycles. The van der Waals surface area contributed by atoms with Gasteiger partial charge in [-0.3, -0.25) is 14.2 Å². The van der Waals surface area contributed by atoms with Gasteiger partial charge in [-0.2, -0.15) is 5.10 Å². The standard InChI is InChI=1S/C16H16ClN5O3/c1-10-2-3-11(6-13(10)17)20-14(24)8-21-9-18-15-12(16(21)25)7-19-22(15)4-5-23/h2-3,6-7,9,23H,4-5,8H2,1H3,(H,20,24). The van der Waals surface area contributed by atoms with Gasteiger partial charge >= 0.3 is 0 Å². The number of hydrogen-bond acceptors (Lipinski definition) is 5. The van der Waals surface area contributed by atoms with E-state index in [9.17, 15) is 9.59 Å². The molecule has 1 amide bonds. The molecule has 3 rings (SSSR count). The van der Waals surface area contributed by atoms with Gasteiger partial charge in [0.15, 0.2) is 5.65 Å². The number of carbonyl (C=O) groups excluding carboxylic acids is 1. The van der Waals surface area contributed by atoms with Crippen molar-refractivity contribution in [2.45, 2.75) is 20.0 Å². The van der Waals surface area contributed by atoms with Crippen LogP contribution in [0.5, 0.6) is 0 Å². The van der Waals surface area contributed by atoms with E-state index in [4.69, 9.17) is 16.7 Å². The number of benzene rings is 1. The van der Waals surface area contributed by atoms with Gasteiger partial charge in [-0.05, 0) is 24.6 Å². The van der Waals surface area contributed by atoms with Crippen LogP contribution in [-0.2, 0) is 17.9 Å². The van der Waals surface area contributed by atoms with Crippen LogP contribution in [0.1, 0.15) is 5.56 Å². The Morgan fingerprint density at radius 2 is 2.20 bits per heavy atom. The van der Waals surface area contributed by atoms with Crippen LogP contribution >= 0.6 is 11.6 Å². The van der Waals surface area contributed by atoms with E-state index in [2.05, 4.69) is 15.4 Å². The molecule has 0 spiro atoms. The van der Waals surface area contributed by atoms with E-state index in [-0.39, 0.29) is 31.2 Å². The molecule has 0 saturated heterocycles. The van der Waals surface area contributed by atoms with E-state index in [0.717, 1.165) is 5.56 Å². The van der Waals surface area contributed by atoms with Crippen molar-refractivity contribution in [3.63, 3.8) is 0 Å². The van der Waals surface area contributed by atoms with E-state index >= 15 is 0 Å². The molecular weight excluding hydrogens is 346 g/mol. The Kier molecular flexibility index (Phi) is 4.82. The van der Waals surface area contributed by atoms with Crippen molar-refractivity contribution in [3.8, 4) is 0 Å². The maximum atomic E-state index is 12.4. The fraction of sp³-hybridized carbons (Fsp3) is 0.250. The van der Waals surface area contributed by atoms with Crippen molar-refractivity contribution < 1.29 is 9.90 Å². The summed E-state index contributed by atoms with van der Waals surface area (Å²) in [4.78, 5) is 28.8. The Morgan fingerprint density at radius 1 is 1.40 bits per heavy atom. The molecule has 0 aliphatic rings. The second kappa shape index (κ2) is 7.04. The predicted molar refractivity (Wildman–Crippen MR) is 93.7 cm³/mol. The van der Waals surface area contributed by atoms with Gasteiger partial charge in [0.25, 0.3) is 5.56 Å². The molecule has 3 aromatic rings. The first-order chi connectivity index (χ1) is 12.0. The first-order valence-corrected chi connectivity index (χ1v) is 7.95. The van der Waals surface area contributed by atoms with Crippen LogP contribution in [-0.4, -0.2) is 37.0 Å². The van der Waals surface area contributed by atoms with Crippen LogP contribution < -0.4 is 10.9 Å². The smallest absolute Gasteiger partial charge is 0.264 e. The van der Waals surface area contributed by atoms with Crippen molar-refractivity contribution in [2.75, 3.05) is 11.9 Å². The lowest BCUT2D eigenvalue weighted by Crippen LogP contribution is -2.28. The number of aryl methyl sites for hydroxylation is 1. The summed E-state index contributed by atoms with van der Waals surface area (Å²) in [5, 5.41) is 16.5. The number of halogens is 1. The fourth-order valence-electron chi connectivity index (χ4n) is 2.39. The summed E-state index contributed by atoms with van der Waals surface area (Å²) < 4.78 is 2.65. The molecule has 0 unspecified atom stereocenters. The summed E-state index contributed by atoms with van der Waals surface area (Å²) in [5.74, 6) is -0.370. The van der Waals surface area contributed by atoms with Gasteiger partial charge in [0.1, 0.15) is 18.3 Å². The molecule has 2 heterocycles. The SMILES string of the molecule is Cc1ccc(NC(=O)Cn2cnc3c(cnn3CCO)c2=O)cc1Cl. The zero-order chi connectivity index (χ0) is 18.0. The highest BCUT2D eigenvalue weighted by molar-refractivity contribution is 6.31. The minimum absolute atomic E-state index is 0.108. The van der Waals surface area contributed by atoms with E-state index in [1.165, 1.54) is 21.8 Å². The molecule has 0 radical (unpaired) electrons. The summed E-state index contributed by atoms with van der Waals surface area (Å²) in [6, 6.07) is 5.19. The van der Waals surface area contributed by atoms with E-state index < -0.39 is 0 Å². The number of aliphatic hydroxyl groups excluding tert-OH is 1. The summed E-state index contributed by atoms with van der Waals surface area (Å²) >= 11 is 6.03. The van der Waals surface area contributed by atoms with Crippen molar-refractivity contribution in [1.29, 1.82) is 0 Å². The highest BCUT2D eigenvalue weighted by Crippen LogP contribution is 2.19. The first-order valence-electron chi connectivity index (χ1n) is 7.57. The topological polar surface area (TPSA) is 102 Å². The van der Waals surface area contributed by atoms with Crippen LogP contribution in [0.15, 0.2) is 35.5 Å². The molecule has 130 valence electrons. The molecule has 0 saturated carbocycles. The third-order valence-corrected chi connectivity index (χ3v) is 4.11. The van der Waals surface area contributed by atoms with E-state index in [0.29, 0.717) is 21.7 Å². The number of hydrogen-bond donors (Lipinski definition) is 2. The molecule has 1 aromatic carbocycles. The Morgan fingerprint density at radius 3 is 2.92 bits per heavy atom. The summed E-state index contributed by atoms with van der Waals surface area (Å²) in [5.41, 5.74) is 1.47. The van der Waals surface area contributed by atoms with Crippen LogP contribution in [0, 0.1) is 6.92 Å². The van der Waals surface area contributed by atoms with E-state index in [1.54, 1.807) is 18.2 Å². The lowest BCUT2D eigenvalue weighted by atomic mass is 10.2. The molecule has 0 aliphatic carbocycles. The van der Waals surface area contributed by atoms with Crippen molar-refractivity contribution >= 4 is 34.2 Å². The molecule has 2 N–H and O–H groups in total. The van der Waals surface area contributed by atoms with Gasteiger partial charge in [-0.15, -0.1) is 0 Å². The number of nitrogens with zero attached hydrogens (tertiary/aromatic N) is 4. The zero-order valence-corrected chi connectivity index (χ0v) is 14.2. The van der Waals surface area contributed by atoms with Gasteiger partial charge in [0.2, 0.25) is 5.91 Å². The summed E-state index contributed by atoms with van der Waals surface area (Å²) in [7, 11) is 0. The number of amides is 1. The maximum Gasteiger partial charge on any atom is 0.264 e. The van der Waals surface area contributed by atoms with Crippen LogP contribution in [0.3, 0.4) is 0 Å². The number of nitrogens with one attached hydrogen (secondary N) is 1. The Bertz CT molecular complexity index is 995. The highest BCUT2D eigenvalue weighted by atomic mass is 35.5. The number of rotatable bonds is 5. The second-order valence-electron chi connectivity index (χ2n) is 5.52. The van der Waals surface area contributed by atoms with Gasteiger partial charge in [-0.25, -0.2) is 9.67 Å². The normalized spacial score (nSPS) is 11.0. The third-order valence-electron chi connectivity index (χ3n) is 3.70. The highest BCUT2D eigenvalue weighted by Gasteiger charge is 2.12. The van der Waals surface area contributed by atoms with Crippen LogP contribution in [0.2, 0.25) is 5.02 Å². The Balaban J connectivity index is 1.80. The maximum absolute atomic E-state index is 12.4. The lowest BCUT2D eigenvalue weighted by Gasteiger charge is -2.08. The van der Waals surface area contributed by atoms with E-state index in [1.807, 2.05) is 6.92 Å². The van der Waals surface area contributed by atoms with Crippen LogP contribution in [0.4, 0.5) is 5.69 Å². The molecule has 9 heteroatoms. The third kappa shape index (κ3) is 3.54. The predicted octanol–water partition coefficient (Wildman–Crippen LogP) is 1.19. The number of aliphatic hydroxyl groups is 1. The first kappa shape index (κ1) is 17.1. The number of anilines is 1. The summed E-state index contributed by atoms with van der Waals surface area (Å²) in [6.45, 7) is 1.82. The largest absolute Gasteiger partial charge is 0.394 e. The molecule has 0 atom stereocenters. The zero-order valence-electron chi connectivity index (χ0n) is 13.4. The lowest BCUT2D eigenvalue weighted by molar-refractivity contribution is -0.116. The van der Waals surface area contributed by atoms with Crippen molar-refractivity contribution in [1.82, 2.24) is 19.3 Å². The number of aromatic nitrogens is 4. The second-order valence-corrected chi connectivity index (χ2v) is 5.93. The van der Waals surface area contributed by atoms with Crippen LogP contribution in [0.25, 0.3) is 11.0 Å². The molecule has 8 nitrogen and oxygen atoms in total. The van der Waals surface area contributed by atoms with Crippen molar-refractivity contribution in [3.05, 3.63) is 51.7 Å². The van der Waals surface area contributed by atoms with Gasteiger partial charge in [0, 0.05) is 10.7 Å². The fourth-order valence-corrected chi connectivity index (χ4v) is 2.57. The van der Waals surface area contributed by atoms with Gasteiger partial charge in [-0.1, -0.05) is 17.7 Å². The average molecular weight is 362 g/mol. The quantitative estimate of drug-likeness (QED) is 0.710. The van der Waals surface area contributed by atoms with Crippen molar-refractivity contribution in [2.24, 2.45) is 0 Å². The minimum Gasteiger partial charge on any atom is -0.394 e. The average Bonchev–Trinajstić information content (AvgIpc) is 2.98. The molecule has 0 bridgehead atoms. The number of carbonyl (C=O) groups is 1. The monoisotopic (exact) mass is 361 g/mol. The molecule has 25 heavy (non-hydrogen) atoms. The minimum atomic E-state index is -0.370. The molecular formula is C16H16ClN5O3.